The highest BCUT2D eigenvalue weighted by atomic mass is 16.5. The lowest BCUT2D eigenvalue weighted by molar-refractivity contribution is 0.228. The van der Waals surface area contributed by atoms with Gasteiger partial charge in [-0.05, 0) is 39.2 Å². The number of benzene rings is 1. The van der Waals surface area contributed by atoms with Gasteiger partial charge in [-0.3, -0.25) is 9.36 Å². The minimum absolute atomic E-state index is 0.211. The SMILES string of the molecule is Cc1ccc2c(c1)C(C)Oc1cc(cnc1N)-c1c(cnn1C1CCC1)Cc1cnn(C)c1-2. The molecule has 4 aromatic rings. The number of hydrogen-bond acceptors (Lipinski definition) is 5. The van der Waals surface area contributed by atoms with Crippen molar-refractivity contribution in [1.29, 1.82) is 0 Å². The summed E-state index contributed by atoms with van der Waals surface area (Å²) < 4.78 is 10.6. The van der Waals surface area contributed by atoms with Gasteiger partial charge in [0, 0.05) is 47.5 Å². The van der Waals surface area contributed by atoms with Gasteiger partial charge in [-0.25, -0.2) is 4.98 Å². The number of hydrogen-bond donors (Lipinski definition) is 1. The number of fused-ring (bicyclic) bond motifs is 7. The van der Waals surface area contributed by atoms with E-state index in [1.807, 2.05) is 36.4 Å². The number of nitrogens with zero attached hydrogens (tertiary/aromatic N) is 5. The number of nitrogens with two attached hydrogens (primary N) is 1. The smallest absolute Gasteiger partial charge is 0.166 e. The van der Waals surface area contributed by atoms with Crippen LogP contribution in [-0.4, -0.2) is 24.5 Å². The molecule has 1 aromatic carbocycles. The van der Waals surface area contributed by atoms with Crippen LogP contribution >= 0.6 is 0 Å². The third-order valence-electron chi connectivity index (χ3n) is 7.05. The third-order valence-corrected chi connectivity index (χ3v) is 7.05. The molecule has 0 saturated heterocycles. The van der Waals surface area contributed by atoms with Crippen LogP contribution in [0.1, 0.15) is 60.6 Å². The van der Waals surface area contributed by atoms with Crippen LogP contribution < -0.4 is 10.5 Å². The number of nitrogen functional groups attached to an aromatic ring is 1. The Balaban J connectivity index is 1.62. The molecule has 168 valence electrons. The van der Waals surface area contributed by atoms with Crippen molar-refractivity contribution in [2.45, 2.75) is 51.7 Å². The van der Waals surface area contributed by atoms with E-state index in [0.29, 0.717) is 17.6 Å². The van der Waals surface area contributed by atoms with Gasteiger partial charge in [-0.2, -0.15) is 10.2 Å². The maximum Gasteiger partial charge on any atom is 0.166 e. The van der Waals surface area contributed by atoms with Gasteiger partial charge in [-0.1, -0.05) is 23.8 Å². The number of rotatable bonds is 1. The molecule has 0 radical (unpaired) electrons. The molecule has 3 aromatic heterocycles. The van der Waals surface area contributed by atoms with Gasteiger partial charge in [0.1, 0.15) is 6.10 Å². The normalized spacial score (nSPS) is 17.6. The van der Waals surface area contributed by atoms with E-state index in [0.717, 1.165) is 52.9 Å². The Bertz CT molecular complexity index is 1360. The Morgan fingerprint density at radius 1 is 1.03 bits per heavy atom. The topological polar surface area (TPSA) is 83.8 Å². The monoisotopic (exact) mass is 440 g/mol. The second-order valence-electron chi connectivity index (χ2n) is 9.32. The predicted molar refractivity (Wildman–Crippen MR) is 128 cm³/mol. The van der Waals surface area contributed by atoms with E-state index in [4.69, 9.17) is 15.6 Å². The van der Waals surface area contributed by atoms with E-state index in [9.17, 15) is 0 Å². The maximum absolute atomic E-state index is 6.46. The van der Waals surface area contributed by atoms with E-state index >= 15 is 0 Å². The van der Waals surface area contributed by atoms with Gasteiger partial charge in [0.15, 0.2) is 11.6 Å². The van der Waals surface area contributed by atoms with Gasteiger partial charge in [0.05, 0.1) is 29.8 Å². The van der Waals surface area contributed by atoms with Gasteiger partial charge in [0.2, 0.25) is 0 Å². The molecule has 1 aliphatic heterocycles. The molecule has 0 amide bonds. The first-order valence-corrected chi connectivity index (χ1v) is 11.6. The lowest BCUT2D eigenvalue weighted by atomic mass is 9.91. The van der Waals surface area contributed by atoms with Crippen LogP contribution in [0.4, 0.5) is 5.82 Å². The molecule has 2 bridgehead atoms. The van der Waals surface area contributed by atoms with Crippen molar-refractivity contribution in [3.8, 4) is 28.3 Å². The summed E-state index contributed by atoms with van der Waals surface area (Å²) in [5, 5.41) is 9.46. The van der Waals surface area contributed by atoms with Gasteiger partial charge in [0.25, 0.3) is 0 Å². The van der Waals surface area contributed by atoms with Crippen LogP contribution in [0, 0.1) is 6.92 Å². The number of ether oxygens (including phenoxy) is 1. The summed E-state index contributed by atoms with van der Waals surface area (Å²) in [6, 6.07) is 8.96. The molecule has 1 aliphatic carbocycles. The minimum atomic E-state index is -0.211. The molecular formula is C26H28N6O. The summed E-state index contributed by atoms with van der Waals surface area (Å²) in [6.07, 6.45) is 9.92. The molecule has 1 saturated carbocycles. The molecule has 7 heteroatoms. The Morgan fingerprint density at radius 3 is 2.61 bits per heavy atom. The Labute approximate surface area is 193 Å². The maximum atomic E-state index is 6.46. The third kappa shape index (κ3) is 3.22. The van der Waals surface area contributed by atoms with Crippen LogP contribution in [0.15, 0.2) is 42.9 Å². The fourth-order valence-electron chi connectivity index (χ4n) is 5.09. The molecule has 1 fully saturated rings. The summed E-state index contributed by atoms with van der Waals surface area (Å²) in [5.41, 5.74) is 15.2. The van der Waals surface area contributed by atoms with Crippen LogP contribution in [0.3, 0.4) is 0 Å². The Morgan fingerprint density at radius 2 is 1.82 bits per heavy atom. The Hall–Kier alpha value is -3.61. The lowest BCUT2D eigenvalue weighted by Crippen LogP contribution is -2.19. The van der Waals surface area contributed by atoms with E-state index in [2.05, 4.69) is 46.8 Å². The highest BCUT2D eigenvalue weighted by Crippen LogP contribution is 2.41. The van der Waals surface area contributed by atoms with Crippen LogP contribution in [0.25, 0.3) is 22.5 Å². The average Bonchev–Trinajstić information content (AvgIpc) is 3.32. The highest BCUT2D eigenvalue weighted by molar-refractivity contribution is 5.72. The van der Waals surface area contributed by atoms with Crippen molar-refractivity contribution >= 4 is 5.82 Å². The zero-order valence-corrected chi connectivity index (χ0v) is 19.2. The van der Waals surface area contributed by atoms with E-state index < -0.39 is 0 Å². The number of anilines is 1. The first-order chi connectivity index (χ1) is 16.0. The fourth-order valence-corrected chi connectivity index (χ4v) is 5.09. The molecule has 1 unspecified atom stereocenters. The van der Waals surface area contributed by atoms with Crippen molar-refractivity contribution in [1.82, 2.24) is 24.5 Å². The van der Waals surface area contributed by atoms with Crippen molar-refractivity contribution in [2.75, 3.05) is 5.73 Å². The molecule has 33 heavy (non-hydrogen) atoms. The predicted octanol–water partition coefficient (Wildman–Crippen LogP) is 5.01. The van der Waals surface area contributed by atoms with Crippen LogP contribution in [0.2, 0.25) is 0 Å². The second kappa shape index (κ2) is 7.47. The number of pyridine rings is 1. The van der Waals surface area contributed by atoms with Crippen molar-refractivity contribution in [2.24, 2.45) is 7.05 Å². The molecule has 6 rings (SSSR count). The molecule has 2 N–H and O–H groups in total. The van der Waals surface area contributed by atoms with Crippen molar-refractivity contribution in [3.63, 3.8) is 0 Å². The highest BCUT2D eigenvalue weighted by Gasteiger charge is 2.28. The molecule has 2 aliphatic rings. The molecular weight excluding hydrogens is 412 g/mol. The fraction of sp³-hybridized carbons (Fsp3) is 0.346. The van der Waals surface area contributed by atoms with Crippen LogP contribution in [0.5, 0.6) is 5.75 Å². The van der Waals surface area contributed by atoms with Gasteiger partial charge >= 0.3 is 0 Å². The summed E-state index contributed by atoms with van der Waals surface area (Å²) in [7, 11) is 2.00. The molecule has 0 spiro atoms. The van der Waals surface area contributed by atoms with E-state index in [1.165, 1.54) is 17.5 Å². The van der Waals surface area contributed by atoms with Gasteiger partial charge in [-0.15, -0.1) is 0 Å². The first-order valence-electron chi connectivity index (χ1n) is 11.6. The molecule has 4 heterocycles. The summed E-state index contributed by atoms with van der Waals surface area (Å²) >= 11 is 0. The summed E-state index contributed by atoms with van der Waals surface area (Å²) in [5.74, 6) is 1.000. The summed E-state index contributed by atoms with van der Waals surface area (Å²) in [4.78, 5) is 4.50. The van der Waals surface area contributed by atoms with E-state index in [1.54, 1.807) is 0 Å². The standard InChI is InChI=1S/C26H28N6O/c1-15-7-8-21-22(9-15)16(2)33-23-11-19(12-28-26(23)27)24-17(10-18-13-29-31(3)25(18)21)14-30-32(24)20-5-4-6-20/h7-9,11-14,16,20H,4-6,10H2,1-3H3,(H2,27,28). The van der Waals surface area contributed by atoms with Gasteiger partial charge < -0.3 is 10.5 Å². The average molecular weight is 441 g/mol. The lowest BCUT2D eigenvalue weighted by Gasteiger charge is -2.28. The molecule has 1 atom stereocenters. The van der Waals surface area contributed by atoms with Crippen molar-refractivity contribution in [3.05, 3.63) is 65.1 Å². The van der Waals surface area contributed by atoms with Crippen LogP contribution in [-0.2, 0) is 13.5 Å². The van der Waals surface area contributed by atoms with Crippen molar-refractivity contribution < 1.29 is 4.74 Å². The number of aryl methyl sites for hydroxylation is 2. The zero-order chi connectivity index (χ0) is 22.7. The minimum Gasteiger partial charge on any atom is -0.482 e. The molecule has 7 nitrogen and oxygen atoms in total. The first kappa shape index (κ1) is 20.0. The summed E-state index contributed by atoms with van der Waals surface area (Å²) in [6.45, 7) is 4.17. The van der Waals surface area contributed by atoms with E-state index in [-0.39, 0.29) is 6.10 Å². The zero-order valence-electron chi connectivity index (χ0n) is 19.2. The largest absolute Gasteiger partial charge is 0.482 e. The Kier molecular flexibility index (Phi) is 4.54. The second-order valence-corrected chi connectivity index (χ2v) is 9.32. The quantitative estimate of drug-likeness (QED) is 0.450. The number of aromatic nitrogens is 5.